The van der Waals surface area contributed by atoms with E-state index in [0.717, 1.165) is 22.5 Å². The van der Waals surface area contributed by atoms with E-state index >= 15 is 0 Å². The zero-order chi connectivity index (χ0) is 20.8. The predicted octanol–water partition coefficient (Wildman–Crippen LogP) is 2.59. The third-order valence-electron chi connectivity index (χ3n) is 6.05. The van der Waals surface area contributed by atoms with E-state index in [1.54, 1.807) is 24.3 Å². The van der Waals surface area contributed by atoms with Crippen LogP contribution in [0.25, 0.3) is 10.8 Å². The minimum Gasteiger partial charge on any atom is -0.467 e. The highest BCUT2D eigenvalue weighted by atomic mass is 32.2. The molecule has 7 nitrogen and oxygen atoms in total. The molecule has 0 atom stereocenters. The average Bonchev–Trinajstić information content (AvgIpc) is 2.92. The summed E-state index contributed by atoms with van der Waals surface area (Å²) in [6, 6.07) is 10.4. The van der Waals surface area contributed by atoms with Gasteiger partial charge in [-0.15, -0.1) is 0 Å². The van der Waals surface area contributed by atoms with Crippen molar-refractivity contribution in [2.24, 2.45) is 5.92 Å². The van der Waals surface area contributed by atoms with Crippen LogP contribution in [0.3, 0.4) is 0 Å². The maximum atomic E-state index is 13.1. The van der Waals surface area contributed by atoms with Gasteiger partial charge >= 0.3 is 5.97 Å². The summed E-state index contributed by atoms with van der Waals surface area (Å²) >= 11 is 0. The molecule has 4 rings (SSSR count). The molecule has 0 spiro atoms. The lowest BCUT2D eigenvalue weighted by Crippen LogP contribution is -2.58. The van der Waals surface area contributed by atoms with Crippen molar-refractivity contribution in [2.75, 3.05) is 18.0 Å². The number of benzene rings is 2. The molecule has 29 heavy (non-hydrogen) atoms. The number of ether oxygens (including phenoxy) is 1. The Morgan fingerprint density at radius 3 is 2.48 bits per heavy atom. The van der Waals surface area contributed by atoms with E-state index in [1.165, 1.54) is 7.11 Å². The first-order chi connectivity index (χ1) is 13.8. The Morgan fingerprint density at radius 2 is 1.83 bits per heavy atom. The fraction of sp³-hybridized carbons (Fsp3) is 0.429. The number of nitrogens with zero attached hydrogens (tertiary/aromatic N) is 1. The molecule has 2 aliphatic rings. The molecule has 2 aromatic rings. The topological polar surface area (TPSA) is 92.8 Å². The Kier molecular flexibility index (Phi) is 4.77. The summed E-state index contributed by atoms with van der Waals surface area (Å²) in [6.45, 7) is 1.72. The Labute approximate surface area is 170 Å². The van der Waals surface area contributed by atoms with Crippen LogP contribution in [0, 0.1) is 5.92 Å². The number of carbonyl (C=O) groups excluding carboxylic acids is 2. The molecule has 1 fully saturated rings. The molecule has 2 aromatic carbocycles. The highest BCUT2D eigenvalue weighted by Crippen LogP contribution is 2.42. The second kappa shape index (κ2) is 7.02. The number of sulfonamides is 1. The van der Waals surface area contributed by atoms with Crippen molar-refractivity contribution in [3.8, 4) is 0 Å². The van der Waals surface area contributed by atoms with Gasteiger partial charge in [0, 0.05) is 5.39 Å². The van der Waals surface area contributed by atoms with E-state index in [1.807, 2.05) is 12.1 Å². The quantitative estimate of drug-likeness (QED) is 0.774. The van der Waals surface area contributed by atoms with Crippen LogP contribution in [0.4, 0.5) is 5.69 Å². The average molecular weight is 416 g/mol. The van der Waals surface area contributed by atoms with Gasteiger partial charge in [-0.3, -0.25) is 9.10 Å². The van der Waals surface area contributed by atoms with E-state index in [2.05, 4.69) is 12.2 Å². The van der Waals surface area contributed by atoms with E-state index in [0.29, 0.717) is 29.8 Å². The highest BCUT2D eigenvalue weighted by molar-refractivity contribution is 7.93. The Morgan fingerprint density at radius 1 is 1.17 bits per heavy atom. The van der Waals surface area contributed by atoms with Gasteiger partial charge in [0.15, 0.2) is 0 Å². The monoisotopic (exact) mass is 416 g/mol. The van der Waals surface area contributed by atoms with E-state index in [4.69, 9.17) is 4.74 Å². The Bertz CT molecular complexity index is 1080. The molecule has 1 heterocycles. The SMILES string of the molecule is COC(=O)C1(NC(=O)CN2c3cccc4cccc(c34)S2(=O)=O)CCC(C)CC1. The van der Waals surface area contributed by atoms with Crippen LogP contribution in [0.5, 0.6) is 0 Å². The second-order valence-corrected chi connectivity index (χ2v) is 9.78. The van der Waals surface area contributed by atoms with Gasteiger partial charge in [-0.2, -0.15) is 0 Å². The summed E-state index contributed by atoms with van der Waals surface area (Å²) in [7, 11) is -2.53. The third kappa shape index (κ3) is 3.15. The van der Waals surface area contributed by atoms with E-state index in [9.17, 15) is 18.0 Å². The van der Waals surface area contributed by atoms with Crippen molar-refractivity contribution in [3.05, 3.63) is 36.4 Å². The standard InChI is InChI=1S/C21H24N2O5S/c1-14-9-11-21(12-10-14,20(25)28-2)22-18(24)13-23-16-7-3-5-15-6-4-8-17(19(15)16)29(23,26)27/h3-8,14H,9-13H2,1-2H3,(H,22,24). The summed E-state index contributed by atoms with van der Waals surface area (Å²) in [4.78, 5) is 25.6. The molecule has 8 heteroatoms. The number of anilines is 1. The first-order valence-electron chi connectivity index (χ1n) is 9.72. The number of nitrogens with one attached hydrogen (secondary N) is 1. The zero-order valence-electron chi connectivity index (χ0n) is 16.5. The molecule has 0 radical (unpaired) electrons. The smallest absolute Gasteiger partial charge is 0.331 e. The van der Waals surface area contributed by atoms with Crippen molar-refractivity contribution >= 4 is 38.4 Å². The van der Waals surface area contributed by atoms with Crippen molar-refractivity contribution < 1.29 is 22.7 Å². The molecule has 154 valence electrons. The van der Waals surface area contributed by atoms with Gasteiger partial charge in [0.2, 0.25) is 5.91 Å². The molecule has 0 bridgehead atoms. The van der Waals surface area contributed by atoms with Gasteiger partial charge in [0.05, 0.1) is 17.7 Å². The number of esters is 1. The number of rotatable bonds is 4. The van der Waals surface area contributed by atoms with Gasteiger partial charge < -0.3 is 10.1 Å². The van der Waals surface area contributed by atoms with Gasteiger partial charge in [0.25, 0.3) is 10.0 Å². The zero-order valence-corrected chi connectivity index (χ0v) is 17.3. The summed E-state index contributed by atoms with van der Waals surface area (Å²) < 4.78 is 32.2. The van der Waals surface area contributed by atoms with Crippen LogP contribution in [-0.2, 0) is 24.3 Å². The van der Waals surface area contributed by atoms with Crippen LogP contribution in [-0.4, -0.2) is 39.5 Å². The maximum Gasteiger partial charge on any atom is 0.331 e. The van der Waals surface area contributed by atoms with Crippen molar-refractivity contribution in [2.45, 2.75) is 43.0 Å². The number of carbonyl (C=O) groups is 2. The Balaban J connectivity index is 1.62. The lowest BCUT2D eigenvalue weighted by atomic mass is 9.77. The van der Waals surface area contributed by atoms with Crippen LogP contribution in [0.2, 0.25) is 0 Å². The van der Waals surface area contributed by atoms with Crippen molar-refractivity contribution in [3.63, 3.8) is 0 Å². The summed E-state index contributed by atoms with van der Waals surface area (Å²) in [5, 5.41) is 4.23. The first kappa shape index (κ1) is 19.7. The lowest BCUT2D eigenvalue weighted by Gasteiger charge is -2.37. The van der Waals surface area contributed by atoms with Gasteiger partial charge in [0.1, 0.15) is 12.1 Å². The number of hydrogen-bond acceptors (Lipinski definition) is 5. The number of hydrogen-bond donors (Lipinski definition) is 1. The predicted molar refractivity (Wildman–Crippen MR) is 109 cm³/mol. The first-order valence-corrected chi connectivity index (χ1v) is 11.2. The fourth-order valence-corrected chi connectivity index (χ4v) is 6.06. The molecule has 1 aliphatic carbocycles. The largest absolute Gasteiger partial charge is 0.467 e. The normalized spacial score (nSPS) is 25.0. The molecular weight excluding hydrogens is 392 g/mol. The number of methoxy groups -OCH3 is 1. The second-order valence-electron chi connectivity index (χ2n) is 7.95. The minimum atomic E-state index is -3.83. The molecule has 0 aromatic heterocycles. The van der Waals surface area contributed by atoms with Crippen LogP contribution in [0.1, 0.15) is 32.6 Å². The molecule has 0 saturated heterocycles. The maximum absolute atomic E-state index is 13.1. The summed E-state index contributed by atoms with van der Waals surface area (Å²) in [5.74, 6) is -0.526. The minimum absolute atomic E-state index is 0.201. The molecular formula is C21H24N2O5S. The van der Waals surface area contributed by atoms with Crippen molar-refractivity contribution in [1.82, 2.24) is 5.32 Å². The molecule has 1 amide bonds. The van der Waals surface area contributed by atoms with E-state index in [-0.39, 0.29) is 11.4 Å². The van der Waals surface area contributed by atoms with Crippen LogP contribution < -0.4 is 9.62 Å². The van der Waals surface area contributed by atoms with Crippen LogP contribution >= 0.6 is 0 Å². The molecule has 1 aliphatic heterocycles. The van der Waals surface area contributed by atoms with Gasteiger partial charge in [-0.1, -0.05) is 31.2 Å². The summed E-state index contributed by atoms with van der Waals surface area (Å²) in [5.41, 5.74) is -0.613. The van der Waals surface area contributed by atoms with Gasteiger partial charge in [-0.25, -0.2) is 13.2 Å². The number of amides is 1. The highest BCUT2D eigenvalue weighted by Gasteiger charge is 2.44. The molecule has 1 saturated carbocycles. The van der Waals surface area contributed by atoms with Crippen molar-refractivity contribution in [1.29, 1.82) is 0 Å². The fourth-order valence-electron chi connectivity index (χ4n) is 4.40. The third-order valence-corrected chi connectivity index (χ3v) is 7.85. The van der Waals surface area contributed by atoms with E-state index < -0.39 is 27.4 Å². The van der Waals surface area contributed by atoms with Crippen LogP contribution in [0.15, 0.2) is 41.3 Å². The summed E-state index contributed by atoms with van der Waals surface area (Å²) in [6.07, 6.45) is 2.55. The molecule has 0 unspecified atom stereocenters. The van der Waals surface area contributed by atoms with Gasteiger partial charge in [-0.05, 0) is 49.1 Å². The lowest BCUT2D eigenvalue weighted by molar-refractivity contribution is -0.152. The molecule has 1 N–H and O–H groups in total. The Hall–Kier alpha value is -2.61.